The molecule has 2 nitrogen and oxygen atoms in total. The van der Waals surface area contributed by atoms with Gasteiger partial charge in [0.1, 0.15) is 0 Å². The Bertz CT molecular complexity index is 227. The number of likely N-dealkylation sites (tertiary alicyclic amines) is 1. The van der Waals surface area contributed by atoms with E-state index >= 15 is 0 Å². The molecule has 0 aliphatic carbocycles. The van der Waals surface area contributed by atoms with Gasteiger partial charge in [-0.2, -0.15) is 5.26 Å². The fraction of sp³-hybridized carbons (Fsp3) is 0.917. The van der Waals surface area contributed by atoms with Gasteiger partial charge in [0, 0.05) is 18.1 Å². The standard InChI is InChI=1S/C12H22N2/c1-5-10(2)14-9-11(8-13)6-7-12(14,3)4/h10-11H,5-7,9H2,1-4H3. The summed E-state index contributed by atoms with van der Waals surface area (Å²) in [5.74, 6) is 0.247. The number of nitriles is 1. The molecule has 0 aromatic heterocycles. The first-order valence-corrected chi connectivity index (χ1v) is 5.67. The second-order valence-electron chi connectivity index (χ2n) is 5.09. The van der Waals surface area contributed by atoms with Crippen LogP contribution in [0.3, 0.4) is 0 Å². The first kappa shape index (κ1) is 11.5. The van der Waals surface area contributed by atoms with E-state index in [1.807, 2.05) is 0 Å². The molecule has 2 unspecified atom stereocenters. The molecular weight excluding hydrogens is 172 g/mol. The molecular formula is C12H22N2. The molecule has 1 rings (SSSR count). The van der Waals surface area contributed by atoms with Crippen LogP contribution in [0.4, 0.5) is 0 Å². The molecule has 0 aromatic rings. The number of piperidine rings is 1. The average Bonchev–Trinajstić information content (AvgIpc) is 2.16. The lowest BCUT2D eigenvalue weighted by atomic mass is 9.84. The van der Waals surface area contributed by atoms with Gasteiger partial charge >= 0.3 is 0 Å². The SMILES string of the molecule is CCC(C)N1CC(C#N)CCC1(C)C. The normalized spacial score (nSPS) is 29.5. The lowest BCUT2D eigenvalue weighted by Gasteiger charge is -2.47. The second-order valence-corrected chi connectivity index (χ2v) is 5.09. The molecule has 1 heterocycles. The molecule has 0 bridgehead atoms. The van der Waals surface area contributed by atoms with E-state index in [2.05, 4.69) is 38.7 Å². The Morgan fingerprint density at radius 3 is 2.71 bits per heavy atom. The average molecular weight is 194 g/mol. The van der Waals surface area contributed by atoms with Crippen LogP contribution in [-0.2, 0) is 0 Å². The molecule has 80 valence electrons. The van der Waals surface area contributed by atoms with Gasteiger partial charge in [0.25, 0.3) is 0 Å². The fourth-order valence-electron chi connectivity index (χ4n) is 2.35. The van der Waals surface area contributed by atoms with E-state index in [1.165, 1.54) is 6.42 Å². The molecule has 0 amide bonds. The minimum atomic E-state index is 0.247. The third-order valence-corrected chi connectivity index (χ3v) is 3.60. The van der Waals surface area contributed by atoms with Gasteiger partial charge in [-0.1, -0.05) is 6.92 Å². The molecule has 0 aromatic carbocycles. The summed E-state index contributed by atoms with van der Waals surface area (Å²) < 4.78 is 0. The second kappa shape index (κ2) is 4.31. The zero-order valence-corrected chi connectivity index (χ0v) is 9.88. The highest BCUT2D eigenvalue weighted by Gasteiger charge is 2.36. The minimum absolute atomic E-state index is 0.247. The molecule has 2 atom stereocenters. The summed E-state index contributed by atoms with van der Waals surface area (Å²) in [5.41, 5.74) is 0.281. The van der Waals surface area contributed by atoms with Crippen LogP contribution in [-0.4, -0.2) is 23.0 Å². The van der Waals surface area contributed by atoms with Gasteiger partial charge in [-0.15, -0.1) is 0 Å². The fourth-order valence-corrected chi connectivity index (χ4v) is 2.35. The highest BCUT2D eigenvalue weighted by molar-refractivity contribution is 4.97. The Morgan fingerprint density at radius 1 is 1.57 bits per heavy atom. The third-order valence-electron chi connectivity index (χ3n) is 3.60. The van der Waals surface area contributed by atoms with Crippen LogP contribution < -0.4 is 0 Å². The van der Waals surface area contributed by atoms with Gasteiger partial charge in [0.15, 0.2) is 0 Å². The van der Waals surface area contributed by atoms with Crippen molar-refractivity contribution < 1.29 is 0 Å². The molecule has 0 spiro atoms. The zero-order chi connectivity index (χ0) is 10.8. The van der Waals surface area contributed by atoms with E-state index in [4.69, 9.17) is 5.26 Å². The summed E-state index contributed by atoms with van der Waals surface area (Å²) in [6.07, 6.45) is 3.38. The monoisotopic (exact) mass is 194 g/mol. The minimum Gasteiger partial charge on any atom is -0.294 e. The van der Waals surface area contributed by atoms with Gasteiger partial charge in [-0.25, -0.2) is 0 Å². The van der Waals surface area contributed by atoms with E-state index in [1.54, 1.807) is 0 Å². The Labute approximate surface area is 87.9 Å². The van der Waals surface area contributed by atoms with Crippen LogP contribution in [0.2, 0.25) is 0 Å². The van der Waals surface area contributed by atoms with Crippen LogP contribution in [0.1, 0.15) is 47.0 Å². The quantitative estimate of drug-likeness (QED) is 0.676. The Morgan fingerprint density at radius 2 is 2.21 bits per heavy atom. The van der Waals surface area contributed by atoms with Crippen LogP contribution >= 0.6 is 0 Å². The number of nitrogens with zero attached hydrogens (tertiary/aromatic N) is 2. The van der Waals surface area contributed by atoms with E-state index in [-0.39, 0.29) is 11.5 Å². The number of hydrogen-bond donors (Lipinski definition) is 0. The van der Waals surface area contributed by atoms with Crippen molar-refractivity contribution in [2.24, 2.45) is 5.92 Å². The maximum Gasteiger partial charge on any atom is 0.0669 e. The van der Waals surface area contributed by atoms with E-state index < -0.39 is 0 Å². The first-order valence-electron chi connectivity index (χ1n) is 5.67. The topological polar surface area (TPSA) is 27.0 Å². The summed E-state index contributed by atoms with van der Waals surface area (Å²) in [7, 11) is 0. The molecule has 0 saturated carbocycles. The van der Waals surface area contributed by atoms with Gasteiger partial charge in [-0.3, -0.25) is 4.90 Å². The summed E-state index contributed by atoms with van der Waals surface area (Å²) in [6.45, 7) is 10.0. The van der Waals surface area contributed by atoms with E-state index in [9.17, 15) is 0 Å². The third kappa shape index (κ3) is 2.27. The zero-order valence-electron chi connectivity index (χ0n) is 9.88. The van der Waals surface area contributed by atoms with Crippen molar-refractivity contribution in [3.05, 3.63) is 0 Å². The largest absolute Gasteiger partial charge is 0.294 e. The predicted molar refractivity (Wildman–Crippen MR) is 58.9 cm³/mol. The Balaban J connectivity index is 2.72. The lowest BCUT2D eigenvalue weighted by Crippen LogP contribution is -2.53. The molecule has 0 radical (unpaired) electrons. The number of hydrogen-bond acceptors (Lipinski definition) is 2. The van der Waals surface area contributed by atoms with Gasteiger partial charge < -0.3 is 0 Å². The molecule has 1 aliphatic rings. The Kier molecular flexibility index (Phi) is 3.55. The maximum atomic E-state index is 8.96. The van der Waals surface area contributed by atoms with Crippen molar-refractivity contribution >= 4 is 0 Å². The van der Waals surface area contributed by atoms with Crippen molar-refractivity contribution in [3.63, 3.8) is 0 Å². The number of rotatable bonds is 2. The first-order chi connectivity index (χ1) is 6.51. The van der Waals surface area contributed by atoms with E-state index in [0.29, 0.717) is 6.04 Å². The highest BCUT2D eigenvalue weighted by atomic mass is 15.2. The van der Waals surface area contributed by atoms with Crippen LogP contribution in [0.25, 0.3) is 0 Å². The van der Waals surface area contributed by atoms with Crippen molar-refractivity contribution in [1.29, 1.82) is 5.26 Å². The summed E-state index contributed by atoms with van der Waals surface area (Å²) in [6, 6.07) is 3.01. The highest BCUT2D eigenvalue weighted by Crippen LogP contribution is 2.32. The molecule has 1 saturated heterocycles. The van der Waals surface area contributed by atoms with Crippen LogP contribution in [0.5, 0.6) is 0 Å². The molecule has 14 heavy (non-hydrogen) atoms. The lowest BCUT2D eigenvalue weighted by molar-refractivity contribution is 0.0233. The molecule has 0 N–H and O–H groups in total. The van der Waals surface area contributed by atoms with Gasteiger partial charge in [-0.05, 0) is 40.0 Å². The van der Waals surface area contributed by atoms with Crippen molar-refractivity contribution in [2.75, 3.05) is 6.54 Å². The van der Waals surface area contributed by atoms with Crippen molar-refractivity contribution in [1.82, 2.24) is 4.90 Å². The summed E-state index contributed by atoms with van der Waals surface area (Å²) in [4.78, 5) is 2.50. The molecule has 2 heteroatoms. The van der Waals surface area contributed by atoms with E-state index in [0.717, 1.165) is 19.4 Å². The molecule has 1 aliphatic heterocycles. The summed E-state index contributed by atoms with van der Waals surface area (Å²) in [5, 5.41) is 8.96. The van der Waals surface area contributed by atoms with Gasteiger partial charge in [0.05, 0.1) is 12.0 Å². The smallest absolute Gasteiger partial charge is 0.0669 e. The summed E-state index contributed by atoms with van der Waals surface area (Å²) >= 11 is 0. The van der Waals surface area contributed by atoms with Crippen LogP contribution in [0.15, 0.2) is 0 Å². The Hall–Kier alpha value is -0.550. The maximum absolute atomic E-state index is 8.96. The van der Waals surface area contributed by atoms with Crippen molar-refractivity contribution in [3.8, 4) is 6.07 Å². The van der Waals surface area contributed by atoms with Gasteiger partial charge in [0.2, 0.25) is 0 Å². The van der Waals surface area contributed by atoms with Crippen molar-refractivity contribution in [2.45, 2.75) is 58.5 Å². The van der Waals surface area contributed by atoms with Crippen LogP contribution in [0, 0.1) is 17.2 Å². The molecule has 1 fully saturated rings. The predicted octanol–water partition coefficient (Wildman–Crippen LogP) is 2.80.